The summed E-state index contributed by atoms with van der Waals surface area (Å²) in [5.74, 6) is 0. The quantitative estimate of drug-likeness (QED) is 0.193. The van der Waals surface area contributed by atoms with Gasteiger partial charge in [-0.1, -0.05) is 121 Å². The molecule has 0 aliphatic heterocycles. The number of hydrogen-bond donors (Lipinski definition) is 0. The SMILES string of the molecule is c1ccc2cc(-c3ccc4c(c3)sc3c5ccc(-c6ccc7ccccc7c6)cc5c5ccccc5c43)ccc2c1. The van der Waals surface area contributed by atoms with Crippen LogP contribution in [0.25, 0.3) is 85.5 Å². The molecule has 9 rings (SSSR count). The molecule has 8 aromatic carbocycles. The molecule has 0 N–H and O–H groups in total. The molecule has 0 saturated carbocycles. The Kier molecular flexibility index (Phi) is 4.87. The standard InChI is InChI=1S/C40H24S/c1-3-9-27-21-29(15-13-25(27)7-1)31-17-19-35-37(23-31)33-11-5-6-12-34(33)39-36-20-18-32(24-38(36)41-40(35)39)30-16-14-26-8-2-4-10-28(26)22-30/h1-24H. The summed E-state index contributed by atoms with van der Waals surface area (Å²) in [6, 6.07) is 53.7. The van der Waals surface area contributed by atoms with E-state index in [1.807, 2.05) is 11.3 Å². The van der Waals surface area contributed by atoms with Gasteiger partial charge in [0.25, 0.3) is 0 Å². The van der Waals surface area contributed by atoms with Crippen molar-refractivity contribution >= 4 is 74.6 Å². The molecule has 1 heterocycles. The molecular formula is C40H24S. The van der Waals surface area contributed by atoms with Gasteiger partial charge in [0.15, 0.2) is 0 Å². The molecule has 0 amide bonds. The summed E-state index contributed by atoms with van der Waals surface area (Å²) in [5.41, 5.74) is 5.04. The highest BCUT2D eigenvalue weighted by molar-refractivity contribution is 7.27. The lowest BCUT2D eigenvalue weighted by Gasteiger charge is -2.10. The highest BCUT2D eigenvalue weighted by Crippen LogP contribution is 2.45. The van der Waals surface area contributed by atoms with Gasteiger partial charge in [0.05, 0.1) is 0 Å². The van der Waals surface area contributed by atoms with Gasteiger partial charge >= 0.3 is 0 Å². The van der Waals surface area contributed by atoms with E-state index in [0.717, 1.165) is 0 Å². The highest BCUT2D eigenvalue weighted by atomic mass is 32.1. The van der Waals surface area contributed by atoms with E-state index in [-0.39, 0.29) is 0 Å². The predicted octanol–water partition coefficient (Wildman–Crippen LogP) is 12.0. The minimum absolute atomic E-state index is 1.26. The van der Waals surface area contributed by atoms with E-state index in [2.05, 4.69) is 146 Å². The first kappa shape index (κ1) is 22.8. The maximum absolute atomic E-state index is 2.39. The minimum Gasteiger partial charge on any atom is -0.134 e. The van der Waals surface area contributed by atoms with Crippen molar-refractivity contribution in [2.75, 3.05) is 0 Å². The van der Waals surface area contributed by atoms with Crippen molar-refractivity contribution in [2.45, 2.75) is 0 Å². The van der Waals surface area contributed by atoms with Crippen LogP contribution in [0.2, 0.25) is 0 Å². The zero-order valence-corrected chi connectivity index (χ0v) is 23.1. The summed E-state index contributed by atoms with van der Waals surface area (Å²) in [5, 5.41) is 13.1. The van der Waals surface area contributed by atoms with Crippen molar-refractivity contribution in [1.82, 2.24) is 0 Å². The average Bonchev–Trinajstić information content (AvgIpc) is 3.43. The van der Waals surface area contributed by atoms with Gasteiger partial charge in [-0.25, -0.2) is 0 Å². The van der Waals surface area contributed by atoms with Gasteiger partial charge in [-0.15, -0.1) is 11.3 Å². The van der Waals surface area contributed by atoms with Crippen LogP contribution in [0.4, 0.5) is 0 Å². The maximum atomic E-state index is 2.39. The molecule has 0 aliphatic carbocycles. The van der Waals surface area contributed by atoms with Crippen LogP contribution in [0.15, 0.2) is 146 Å². The number of rotatable bonds is 2. The molecule has 0 atom stereocenters. The summed E-state index contributed by atoms with van der Waals surface area (Å²) >= 11 is 1.92. The molecular weight excluding hydrogens is 513 g/mol. The highest BCUT2D eigenvalue weighted by Gasteiger charge is 2.15. The molecule has 1 aromatic heterocycles. The Labute approximate surface area is 241 Å². The molecule has 190 valence electrons. The van der Waals surface area contributed by atoms with E-state index in [4.69, 9.17) is 0 Å². The van der Waals surface area contributed by atoms with E-state index >= 15 is 0 Å². The summed E-state index contributed by atoms with van der Waals surface area (Å²) in [6.07, 6.45) is 0. The summed E-state index contributed by atoms with van der Waals surface area (Å²) in [4.78, 5) is 0. The lowest BCUT2D eigenvalue weighted by atomic mass is 9.93. The molecule has 0 nitrogen and oxygen atoms in total. The van der Waals surface area contributed by atoms with E-state index in [1.54, 1.807) is 0 Å². The number of thiophene rings is 1. The normalized spacial score (nSPS) is 11.9. The Bertz CT molecular complexity index is 2480. The summed E-state index contributed by atoms with van der Waals surface area (Å²) in [6.45, 7) is 0. The van der Waals surface area contributed by atoms with Gasteiger partial charge < -0.3 is 0 Å². The molecule has 1 heteroatoms. The van der Waals surface area contributed by atoms with Crippen LogP contribution >= 0.6 is 11.3 Å². The predicted molar refractivity (Wildman–Crippen MR) is 180 cm³/mol. The van der Waals surface area contributed by atoms with Crippen LogP contribution in [0.3, 0.4) is 0 Å². The number of benzene rings is 8. The van der Waals surface area contributed by atoms with Crippen molar-refractivity contribution in [3.63, 3.8) is 0 Å². The third kappa shape index (κ3) is 3.53. The first-order valence-corrected chi connectivity index (χ1v) is 14.9. The maximum Gasteiger partial charge on any atom is 0.0440 e. The van der Waals surface area contributed by atoms with Crippen LogP contribution in [0.1, 0.15) is 0 Å². The third-order valence-electron chi connectivity index (χ3n) is 8.61. The van der Waals surface area contributed by atoms with Crippen LogP contribution in [-0.2, 0) is 0 Å². The van der Waals surface area contributed by atoms with Gasteiger partial charge in [-0.05, 0) is 84.2 Å². The Morgan fingerprint density at radius 1 is 0.317 bits per heavy atom. The Morgan fingerprint density at radius 2 is 0.829 bits per heavy atom. The first-order valence-electron chi connectivity index (χ1n) is 14.1. The molecule has 0 saturated heterocycles. The summed E-state index contributed by atoms with van der Waals surface area (Å²) in [7, 11) is 0. The van der Waals surface area contributed by atoms with Crippen LogP contribution in [0, 0.1) is 0 Å². The van der Waals surface area contributed by atoms with Gasteiger partial charge in [0, 0.05) is 25.6 Å². The largest absolute Gasteiger partial charge is 0.134 e. The number of fused-ring (bicyclic) bond motifs is 10. The fourth-order valence-corrected chi connectivity index (χ4v) is 7.85. The van der Waals surface area contributed by atoms with Gasteiger partial charge in [-0.2, -0.15) is 0 Å². The smallest absolute Gasteiger partial charge is 0.0440 e. The number of hydrogen-bond acceptors (Lipinski definition) is 1. The molecule has 0 radical (unpaired) electrons. The van der Waals surface area contributed by atoms with Crippen LogP contribution in [-0.4, -0.2) is 0 Å². The second kappa shape index (κ2) is 8.76. The Morgan fingerprint density at radius 3 is 1.51 bits per heavy atom. The molecule has 0 bridgehead atoms. The van der Waals surface area contributed by atoms with Gasteiger partial charge in [0.1, 0.15) is 0 Å². The Hall–Kier alpha value is -4.98. The van der Waals surface area contributed by atoms with Gasteiger partial charge in [0.2, 0.25) is 0 Å². The second-order valence-corrected chi connectivity index (χ2v) is 12.0. The average molecular weight is 537 g/mol. The van der Waals surface area contributed by atoms with E-state index in [1.165, 1.54) is 85.5 Å². The van der Waals surface area contributed by atoms with Crippen molar-refractivity contribution in [3.05, 3.63) is 146 Å². The van der Waals surface area contributed by atoms with Crippen molar-refractivity contribution in [1.29, 1.82) is 0 Å². The zero-order valence-electron chi connectivity index (χ0n) is 22.3. The van der Waals surface area contributed by atoms with Crippen molar-refractivity contribution in [2.24, 2.45) is 0 Å². The molecule has 0 unspecified atom stereocenters. The van der Waals surface area contributed by atoms with E-state index in [0.29, 0.717) is 0 Å². The van der Waals surface area contributed by atoms with Crippen LogP contribution < -0.4 is 0 Å². The molecule has 9 aromatic rings. The molecule has 0 spiro atoms. The Balaban J connectivity index is 1.28. The molecule has 0 fully saturated rings. The summed E-state index contributed by atoms with van der Waals surface area (Å²) < 4.78 is 2.70. The lowest BCUT2D eigenvalue weighted by molar-refractivity contribution is 1.69. The first-order chi connectivity index (χ1) is 20.3. The van der Waals surface area contributed by atoms with E-state index in [9.17, 15) is 0 Å². The monoisotopic (exact) mass is 536 g/mol. The van der Waals surface area contributed by atoms with Gasteiger partial charge in [-0.3, -0.25) is 0 Å². The third-order valence-corrected chi connectivity index (χ3v) is 9.79. The topological polar surface area (TPSA) is 0 Å². The fourth-order valence-electron chi connectivity index (χ4n) is 6.55. The fraction of sp³-hybridized carbons (Fsp3) is 0. The molecule has 41 heavy (non-hydrogen) atoms. The van der Waals surface area contributed by atoms with Crippen LogP contribution in [0.5, 0.6) is 0 Å². The lowest BCUT2D eigenvalue weighted by Crippen LogP contribution is -1.84. The van der Waals surface area contributed by atoms with Crippen molar-refractivity contribution in [3.8, 4) is 22.3 Å². The van der Waals surface area contributed by atoms with E-state index < -0.39 is 0 Å². The minimum atomic E-state index is 1.26. The van der Waals surface area contributed by atoms with Crippen molar-refractivity contribution < 1.29 is 0 Å². The zero-order chi connectivity index (χ0) is 26.9. The second-order valence-electron chi connectivity index (χ2n) is 10.9. The molecule has 0 aliphatic rings.